The second kappa shape index (κ2) is 8.10. The van der Waals surface area contributed by atoms with Crippen LogP contribution in [0.5, 0.6) is 0 Å². The van der Waals surface area contributed by atoms with Gasteiger partial charge < -0.3 is 10.1 Å². The van der Waals surface area contributed by atoms with Crippen LogP contribution in [-0.4, -0.2) is 40.8 Å². The van der Waals surface area contributed by atoms with Crippen molar-refractivity contribution in [3.05, 3.63) is 53.3 Å². The number of nitrogens with zero attached hydrogens (tertiary/aromatic N) is 3. The number of fused-ring (bicyclic) bond motifs is 1. The van der Waals surface area contributed by atoms with E-state index in [0.29, 0.717) is 26.0 Å². The topological polar surface area (TPSA) is 68.5 Å². The largest absolute Gasteiger partial charge is 0.383 e. The smallest absolute Gasteiger partial charge is 0.220 e. The molecule has 3 aromatic rings. The highest BCUT2D eigenvalue weighted by atomic mass is 16.5. The second-order valence-corrected chi connectivity index (χ2v) is 6.27. The van der Waals surface area contributed by atoms with Crippen molar-refractivity contribution in [3.8, 4) is 11.3 Å². The normalized spacial score (nSPS) is 11.0. The SMILES string of the molecule is COCCNC(=O)CCc1c(C)nc2cc(-c3ccccc3)nn2c1C. The molecule has 1 amide bonds. The molecule has 0 unspecified atom stereocenters. The van der Waals surface area contributed by atoms with E-state index < -0.39 is 0 Å². The number of amides is 1. The van der Waals surface area contributed by atoms with Gasteiger partial charge in [-0.1, -0.05) is 30.3 Å². The Hall–Kier alpha value is -2.73. The predicted octanol–water partition coefficient (Wildman–Crippen LogP) is 2.71. The van der Waals surface area contributed by atoms with E-state index in [2.05, 4.69) is 10.3 Å². The van der Waals surface area contributed by atoms with Gasteiger partial charge in [0.1, 0.15) is 0 Å². The molecule has 2 aromatic heterocycles. The fraction of sp³-hybridized carbons (Fsp3) is 0.350. The second-order valence-electron chi connectivity index (χ2n) is 6.27. The summed E-state index contributed by atoms with van der Waals surface area (Å²) in [6.45, 7) is 5.07. The molecular weight excluding hydrogens is 328 g/mol. The van der Waals surface area contributed by atoms with E-state index in [0.717, 1.165) is 33.9 Å². The molecule has 0 bridgehead atoms. The van der Waals surface area contributed by atoms with Crippen molar-refractivity contribution in [3.63, 3.8) is 0 Å². The van der Waals surface area contributed by atoms with E-state index in [4.69, 9.17) is 9.84 Å². The number of hydrogen-bond donors (Lipinski definition) is 1. The molecule has 3 rings (SSSR count). The summed E-state index contributed by atoms with van der Waals surface area (Å²) in [5, 5.41) is 7.56. The van der Waals surface area contributed by atoms with Crippen LogP contribution in [0.25, 0.3) is 16.9 Å². The van der Waals surface area contributed by atoms with Crippen molar-refractivity contribution in [2.24, 2.45) is 0 Å². The Labute approximate surface area is 153 Å². The van der Waals surface area contributed by atoms with Crippen LogP contribution in [0.15, 0.2) is 36.4 Å². The van der Waals surface area contributed by atoms with E-state index in [1.165, 1.54) is 0 Å². The van der Waals surface area contributed by atoms with Crippen molar-refractivity contribution in [1.82, 2.24) is 19.9 Å². The van der Waals surface area contributed by atoms with Crippen LogP contribution in [0.4, 0.5) is 0 Å². The van der Waals surface area contributed by atoms with E-state index in [9.17, 15) is 4.79 Å². The highest BCUT2D eigenvalue weighted by molar-refractivity contribution is 5.76. The standard InChI is InChI=1S/C20H24N4O2/c1-14-17(9-10-20(25)21-11-12-26-3)15(2)24-19(22-14)13-18(23-24)16-7-5-4-6-8-16/h4-8,13H,9-12H2,1-3H3,(H,21,25). The minimum Gasteiger partial charge on any atom is -0.383 e. The third-order valence-electron chi connectivity index (χ3n) is 4.46. The third kappa shape index (κ3) is 3.91. The number of aromatic nitrogens is 3. The van der Waals surface area contributed by atoms with Crippen molar-refractivity contribution < 1.29 is 9.53 Å². The van der Waals surface area contributed by atoms with Crippen LogP contribution in [0.3, 0.4) is 0 Å². The number of nitrogens with one attached hydrogen (secondary N) is 1. The lowest BCUT2D eigenvalue weighted by Crippen LogP contribution is -2.27. The molecule has 0 aliphatic carbocycles. The van der Waals surface area contributed by atoms with E-state index in [-0.39, 0.29) is 5.91 Å². The molecule has 136 valence electrons. The average Bonchev–Trinajstić information content (AvgIpc) is 3.06. The fourth-order valence-corrected chi connectivity index (χ4v) is 3.06. The zero-order chi connectivity index (χ0) is 18.5. The van der Waals surface area contributed by atoms with Gasteiger partial charge in [0.15, 0.2) is 5.65 Å². The highest BCUT2D eigenvalue weighted by Crippen LogP contribution is 2.22. The van der Waals surface area contributed by atoms with Gasteiger partial charge in [-0.3, -0.25) is 4.79 Å². The minimum absolute atomic E-state index is 0.0198. The Kier molecular flexibility index (Phi) is 5.63. The first kappa shape index (κ1) is 18.1. The van der Waals surface area contributed by atoms with Gasteiger partial charge in [0.2, 0.25) is 5.91 Å². The zero-order valence-electron chi connectivity index (χ0n) is 15.5. The molecule has 26 heavy (non-hydrogen) atoms. The number of ether oxygens (including phenoxy) is 1. The fourth-order valence-electron chi connectivity index (χ4n) is 3.06. The van der Waals surface area contributed by atoms with Gasteiger partial charge in [-0.2, -0.15) is 5.10 Å². The molecule has 0 aliphatic rings. The van der Waals surface area contributed by atoms with Crippen molar-refractivity contribution in [1.29, 1.82) is 0 Å². The summed E-state index contributed by atoms with van der Waals surface area (Å²) in [5.74, 6) is 0.0198. The summed E-state index contributed by atoms with van der Waals surface area (Å²) in [4.78, 5) is 16.6. The molecule has 6 heteroatoms. The number of carbonyl (C=O) groups excluding carboxylic acids is 1. The molecule has 1 aromatic carbocycles. The molecule has 0 aliphatic heterocycles. The van der Waals surface area contributed by atoms with Crippen LogP contribution in [0.1, 0.15) is 23.4 Å². The number of carbonyl (C=O) groups is 1. The molecule has 0 fully saturated rings. The summed E-state index contributed by atoms with van der Waals surface area (Å²) >= 11 is 0. The molecular formula is C20H24N4O2. The summed E-state index contributed by atoms with van der Waals surface area (Å²) in [6.07, 6.45) is 1.06. The van der Waals surface area contributed by atoms with Gasteiger partial charge in [0, 0.05) is 43.1 Å². The van der Waals surface area contributed by atoms with Gasteiger partial charge in [0.05, 0.1) is 12.3 Å². The van der Waals surface area contributed by atoms with Crippen LogP contribution >= 0.6 is 0 Å². The monoisotopic (exact) mass is 352 g/mol. The summed E-state index contributed by atoms with van der Waals surface area (Å²) in [6, 6.07) is 12.1. The van der Waals surface area contributed by atoms with Crippen LogP contribution in [-0.2, 0) is 16.0 Å². The summed E-state index contributed by atoms with van der Waals surface area (Å²) < 4.78 is 6.81. The Balaban J connectivity index is 1.82. The predicted molar refractivity (Wildman–Crippen MR) is 101 cm³/mol. The summed E-state index contributed by atoms with van der Waals surface area (Å²) in [7, 11) is 1.62. The Morgan fingerprint density at radius 2 is 2.00 bits per heavy atom. The number of rotatable bonds is 7. The first-order valence-electron chi connectivity index (χ1n) is 8.77. The Morgan fingerprint density at radius 1 is 1.23 bits per heavy atom. The zero-order valence-corrected chi connectivity index (χ0v) is 15.5. The number of benzene rings is 1. The molecule has 1 N–H and O–H groups in total. The van der Waals surface area contributed by atoms with Gasteiger partial charge in [-0.25, -0.2) is 9.50 Å². The van der Waals surface area contributed by atoms with Gasteiger partial charge in [-0.05, 0) is 25.8 Å². The maximum absolute atomic E-state index is 12.0. The molecule has 0 saturated heterocycles. The molecule has 0 atom stereocenters. The first-order chi connectivity index (χ1) is 12.6. The van der Waals surface area contributed by atoms with Gasteiger partial charge >= 0.3 is 0 Å². The van der Waals surface area contributed by atoms with E-state index in [1.807, 2.05) is 54.8 Å². The van der Waals surface area contributed by atoms with Crippen LogP contribution < -0.4 is 5.32 Å². The number of hydrogen-bond acceptors (Lipinski definition) is 4. The highest BCUT2D eigenvalue weighted by Gasteiger charge is 2.14. The molecule has 0 radical (unpaired) electrons. The van der Waals surface area contributed by atoms with Gasteiger partial charge in [0.25, 0.3) is 0 Å². The summed E-state index contributed by atoms with van der Waals surface area (Å²) in [5.41, 5.74) is 5.83. The van der Waals surface area contributed by atoms with Crippen molar-refractivity contribution in [2.45, 2.75) is 26.7 Å². The van der Waals surface area contributed by atoms with Crippen molar-refractivity contribution >= 4 is 11.6 Å². The lowest BCUT2D eigenvalue weighted by atomic mass is 10.1. The molecule has 0 spiro atoms. The lowest BCUT2D eigenvalue weighted by molar-refractivity contribution is -0.121. The van der Waals surface area contributed by atoms with E-state index >= 15 is 0 Å². The molecule has 2 heterocycles. The first-order valence-corrected chi connectivity index (χ1v) is 8.77. The number of aryl methyl sites for hydroxylation is 2. The van der Waals surface area contributed by atoms with Crippen LogP contribution in [0, 0.1) is 13.8 Å². The van der Waals surface area contributed by atoms with E-state index in [1.54, 1.807) is 7.11 Å². The Bertz CT molecular complexity index is 903. The van der Waals surface area contributed by atoms with Crippen molar-refractivity contribution in [2.75, 3.05) is 20.3 Å². The molecule has 6 nitrogen and oxygen atoms in total. The molecule has 0 saturated carbocycles. The quantitative estimate of drug-likeness (QED) is 0.664. The minimum atomic E-state index is 0.0198. The maximum atomic E-state index is 12.0. The van der Waals surface area contributed by atoms with Gasteiger partial charge in [-0.15, -0.1) is 0 Å². The third-order valence-corrected chi connectivity index (χ3v) is 4.46. The Morgan fingerprint density at radius 3 is 2.73 bits per heavy atom. The van der Waals surface area contributed by atoms with Crippen LogP contribution in [0.2, 0.25) is 0 Å². The maximum Gasteiger partial charge on any atom is 0.220 e. The number of methoxy groups -OCH3 is 1. The lowest BCUT2D eigenvalue weighted by Gasteiger charge is -2.11. The average molecular weight is 352 g/mol.